The lowest BCUT2D eigenvalue weighted by molar-refractivity contribution is -0.469. The third-order valence-corrected chi connectivity index (χ3v) is 3.53. The summed E-state index contributed by atoms with van der Waals surface area (Å²) in [6.45, 7) is 9.73. The highest BCUT2D eigenvalue weighted by atomic mass is 16.5. The molecule has 0 aliphatic carbocycles. The van der Waals surface area contributed by atoms with Crippen LogP contribution in [0.25, 0.3) is 0 Å². The van der Waals surface area contributed by atoms with Gasteiger partial charge in [-0.3, -0.25) is 0 Å². The normalized spacial score (nSPS) is 28.3. The first-order chi connectivity index (χ1) is 9.10. The molecule has 2 bridgehead atoms. The van der Waals surface area contributed by atoms with Gasteiger partial charge in [0, 0.05) is 31.9 Å². The molecule has 0 radical (unpaired) electrons. The van der Waals surface area contributed by atoms with Crippen molar-refractivity contribution in [3.8, 4) is 0 Å². The van der Waals surface area contributed by atoms with Gasteiger partial charge in [-0.05, 0) is 13.0 Å². The molecule has 2 unspecified atom stereocenters. The second-order valence-electron chi connectivity index (χ2n) is 5.16. The molecule has 19 heavy (non-hydrogen) atoms. The van der Waals surface area contributed by atoms with Crippen molar-refractivity contribution in [2.75, 3.05) is 40.3 Å². The largest absolute Gasteiger partial charge is 0.448 e. The minimum atomic E-state index is 0.303. The lowest BCUT2D eigenvalue weighted by Crippen LogP contribution is -2.57. The number of ether oxygens (including phenoxy) is 2. The van der Waals surface area contributed by atoms with Crippen LogP contribution in [0.2, 0.25) is 0 Å². The summed E-state index contributed by atoms with van der Waals surface area (Å²) in [5.41, 5.74) is 1.23. The van der Waals surface area contributed by atoms with Crippen LogP contribution in [0.5, 0.6) is 0 Å². The highest BCUT2D eigenvalue weighted by molar-refractivity contribution is 5.18. The summed E-state index contributed by atoms with van der Waals surface area (Å²) in [6.07, 6.45) is 4.63. The number of hydrogen-bond acceptors (Lipinski definition) is 4. The molecule has 5 heteroatoms. The van der Waals surface area contributed by atoms with Crippen molar-refractivity contribution >= 4 is 6.72 Å². The second kappa shape index (κ2) is 6.21. The van der Waals surface area contributed by atoms with Gasteiger partial charge in [-0.1, -0.05) is 0 Å². The van der Waals surface area contributed by atoms with Crippen LogP contribution in [0.1, 0.15) is 6.92 Å². The first-order valence-electron chi connectivity index (χ1n) is 6.68. The summed E-state index contributed by atoms with van der Waals surface area (Å²) >= 11 is 0. The van der Waals surface area contributed by atoms with Crippen LogP contribution in [0.4, 0.5) is 0 Å². The number of allylic oxidation sites excluding steroid dienone is 3. The van der Waals surface area contributed by atoms with Crippen molar-refractivity contribution in [3.63, 3.8) is 0 Å². The molecule has 2 rings (SSSR count). The molecule has 2 atom stereocenters. The number of fused-ring (bicyclic) bond motifs is 2. The molecule has 2 fully saturated rings. The summed E-state index contributed by atoms with van der Waals surface area (Å²) < 4.78 is 12.9. The van der Waals surface area contributed by atoms with Gasteiger partial charge in [0.15, 0.2) is 0 Å². The summed E-state index contributed by atoms with van der Waals surface area (Å²) in [4.78, 5) is 2.38. The molecule has 2 aliphatic heterocycles. The van der Waals surface area contributed by atoms with E-state index in [0.717, 1.165) is 32.1 Å². The fourth-order valence-corrected chi connectivity index (χ4v) is 2.49. The van der Waals surface area contributed by atoms with Gasteiger partial charge in [0.1, 0.15) is 13.8 Å². The van der Waals surface area contributed by atoms with E-state index in [-0.39, 0.29) is 0 Å². The van der Waals surface area contributed by atoms with Gasteiger partial charge >= 0.3 is 5.88 Å². The zero-order valence-corrected chi connectivity index (χ0v) is 12.1. The van der Waals surface area contributed by atoms with E-state index in [4.69, 9.17) is 9.47 Å². The van der Waals surface area contributed by atoms with Gasteiger partial charge in [-0.25, -0.2) is 0 Å². The highest BCUT2D eigenvalue weighted by Crippen LogP contribution is 2.18. The van der Waals surface area contributed by atoms with Gasteiger partial charge < -0.3 is 19.7 Å². The quantitative estimate of drug-likeness (QED) is 0.346. The molecule has 0 aromatic carbocycles. The Morgan fingerprint density at radius 3 is 2.53 bits per heavy atom. The van der Waals surface area contributed by atoms with Gasteiger partial charge in [0.2, 0.25) is 0 Å². The molecule has 106 valence electrons. The van der Waals surface area contributed by atoms with Gasteiger partial charge in [0.25, 0.3) is 0 Å². The molecule has 2 saturated heterocycles. The van der Waals surface area contributed by atoms with Crippen LogP contribution in [-0.4, -0.2) is 68.7 Å². The smallest absolute Gasteiger partial charge is 0.366 e. The van der Waals surface area contributed by atoms with Crippen LogP contribution in [-0.2, 0) is 9.47 Å². The number of methoxy groups -OCH3 is 1. The summed E-state index contributed by atoms with van der Waals surface area (Å²) in [6, 6.07) is 0. The molecule has 2 aliphatic rings. The predicted molar refractivity (Wildman–Crippen MR) is 75.3 cm³/mol. The van der Waals surface area contributed by atoms with Crippen molar-refractivity contribution in [1.82, 2.24) is 10.2 Å². The fourth-order valence-electron chi connectivity index (χ4n) is 2.49. The van der Waals surface area contributed by atoms with Crippen LogP contribution in [0.15, 0.2) is 23.7 Å². The minimum absolute atomic E-state index is 0.303. The maximum atomic E-state index is 5.90. The van der Waals surface area contributed by atoms with Crippen LogP contribution < -0.4 is 5.32 Å². The standard InChI is InChI=1S/C14H24N3O2/c1-11(5-6-14(18-4)16(2)3)17-9-12-7-15-8-13(10-17)19-12/h5-6,12-13,15H,2,7-10H2,1,3-4H3/q+1. The van der Waals surface area contributed by atoms with E-state index in [1.54, 1.807) is 11.7 Å². The minimum Gasteiger partial charge on any atom is -0.448 e. The molecule has 0 aromatic heterocycles. The fraction of sp³-hybridized carbons (Fsp3) is 0.643. The van der Waals surface area contributed by atoms with Crippen LogP contribution >= 0.6 is 0 Å². The van der Waals surface area contributed by atoms with Crippen molar-refractivity contribution in [2.24, 2.45) is 0 Å². The first kappa shape index (κ1) is 14.1. The van der Waals surface area contributed by atoms with Gasteiger partial charge in [-0.15, -0.1) is 0 Å². The van der Waals surface area contributed by atoms with Crippen LogP contribution in [0.3, 0.4) is 0 Å². The van der Waals surface area contributed by atoms with E-state index >= 15 is 0 Å². The number of rotatable bonds is 4. The number of morpholine rings is 2. The van der Waals surface area contributed by atoms with E-state index in [0.29, 0.717) is 12.2 Å². The van der Waals surface area contributed by atoms with E-state index in [1.165, 1.54) is 5.70 Å². The number of nitrogens with one attached hydrogen (secondary N) is 1. The Balaban J connectivity index is 2.02. The molecular weight excluding hydrogens is 242 g/mol. The zero-order valence-electron chi connectivity index (χ0n) is 12.1. The number of nitrogens with zero attached hydrogens (tertiary/aromatic N) is 2. The van der Waals surface area contributed by atoms with E-state index in [1.807, 2.05) is 13.1 Å². The molecule has 2 heterocycles. The van der Waals surface area contributed by atoms with E-state index in [2.05, 4.69) is 29.9 Å². The summed E-state index contributed by atoms with van der Waals surface area (Å²) in [7, 11) is 3.52. The van der Waals surface area contributed by atoms with Gasteiger partial charge in [-0.2, -0.15) is 4.58 Å². The average Bonchev–Trinajstić information content (AvgIpc) is 2.38. The average molecular weight is 266 g/mol. The Bertz CT molecular complexity index is 391. The number of hydrogen-bond donors (Lipinski definition) is 1. The molecule has 0 saturated carbocycles. The summed E-state index contributed by atoms with van der Waals surface area (Å²) in [5, 5.41) is 3.40. The predicted octanol–water partition coefficient (Wildman–Crippen LogP) is 0.394. The highest BCUT2D eigenvalue weighted by Gasteiger charge is 2.30. The third-order valence-electron chi connectivity index (χ3n) is 3.53. The molecule has 0 aromatic rings. The second-order valence-corrected chi connectivity index (χ2v) is 5.16. The molecule has 5 nitrogen and oxygen atoms in total. The SMILES string of the molecule is C=[N+](C)C(=CC=C(C)N1CC2CNCC(C1)O2)OC. The Kier molecular flexibility index (Phi) is 4.61. The van der Waals surface area contributed by atoms with E-state index in [9.17, 15) is 0 Å². The maximum Gasteiger partial charge on any atom is 0.366 e. The van der Waals surface area contributed by atoms with Crippen molar-refractivity contribution in [2.45, 2.75) is 19.1 Å². The van der Waals surface area contributed by atoms with Crippen molar-refractivity contribution < 1.29 is 14.0 Å². The topological polar surface area (TPSA) is 36.7 Å². The zero-order chi connectivity index (χ0) is 13.8. The Hall–Kier alpha value is -1.33. The lowest BCUT2D eigenvalue weighted by atomic mass is 10.1. The van der Waals surface area contributed by atoms with Gasteiger partial charge in [0.05, 0.1) is 25.4 Å². The lowest BCUT2D eigenvalue weighted by Gasteiger charge is -2.43. The van der Waals surface area contributed by atoms with Crippen LogP contribution in [0, 0.1) is 0 Å². The molecule has 0 amide bonds. The Morgan fingerprint density at radius 1 is 1.37 bits per heavy atom. The Labute approximate surface area is 115 Å². The van der Waals surface area contributed by atoms with Crippen molar-refractivity contribution in [3.05, 3.63) is 23.7 Å². The molecule has 0 spiro atoms. The van der Waals surface area contributed by atoms with Crippen molar-refractivity contribution in [1.29, 1.82) is 0 Å². The summed E-state index contributed by atoms with van der Waals surface area (Å²) in [5.74, 6) is 0.745. The van der Waals surface area contributed by atoms with E-state index < -0.39 is 0 Å². The third kappa shape index (κ3) is 3.58. The first-order valence-corrected chi connectivity index (χ1v) is 6.68. The Morgan fingerprint density at radius 2 is 2.00 bits per heavy atom. The monoisotopic (exact) mass is 266 g/mol. The molecule has 1 N–H and O–H groups in total. The maximum absolute atomic E-state index is 5.90. The molecular formula is C14H24N3O2+.